The van der Waals surface area contributed by atoms with Gasteiger partial charge in [-0.05, 0) is 19.4 Å². The zero-order valence-corrected chi connectivity index (χ0v) is 9.79. The average molecular weight is 251 g/mol. The van der Waals surface area contributed by atoms with Gasteiger partial charge in [0.05, 0.1) is 4.92 Å². The van der Waals surface area contributed by atoms with Crippen LogP contribution in [0.5, 0.6) is 0 Å². The number of carboxylic acid groups (broad SMARTS) is 1. The van der Waals surface area contributed by atoms with Gasteiger partial charge < -0.3 is 10.4 Å². The highest BCUT2D eigenvalue weighted by atomic mass is 16.6. The number of nitrogens with one attached hydrogen (secondary N) is 1. The molecule has 0 aromatic carbocycles. The molecule has 96 valence electrons. The molecular formula is C11H13N3O4. The zero-order chi connectivity index (χ0) is 13.7. The molecule has 1 aromatic heterocycles. The van der Waals surface area contributed by atoms with Crippen molar-refractivity contribution in [2.45, 2.75) is 19.4 Å². The first-order chi connectivity index (χ1) is 8.45. The quantitative estimate of drug-likeness (QED) is 0.455. The van der Waals surface area contributed by atoms with E-state index in [0.29, 0.717) is 6.42 Å². The number of pyridine rings is 1. The van der Waals surface area contributed by atoms with Gasteiger partial charge >= 0.3 is 11.7 Å². The molecule has 7 heteroatoms. The Kier molecular flexibility index (Phi) is 4.36. The molecule has 0 saturated heterocycles. The van der Waals surface area contributed by atoms with Crippen LogP contribution in [0.25, 0.3) is 0 Å². The molecule has 0 saturated carbocycles. The van der Waals surface area contributed by atoms with E-state index < -0.39 is 10.9 Å². The predicted octanol–water partition coefficient (Wildman–Crippen LogP) is 2.06. The fourth-order valence-corrected chi connectivity index (χ4v) is 1.37. The van der Waals surface area contributed by atoms with E-state index in [1.54, 1.807) is 13.0 Å². The van der Waals surface area contributed by atoms with E-state index >= 15 is 0 Å². The molecule has 0 radical (unpaired) electrons. The van der Waals surface area contributed by atoms with Crippen molar-refractivity contribution >= 4 is 17.5 Å². The van der Waals surface area contributed by atoms with Crippen LogP contribution in [0.4, 0.5) is 11.5 Å². The first-order valence-corrected chi connectivity index (χ1v) is 5.22. The number of nitrogens with zero attached hydrogens (tertiary/aromatic N) is 2. The van der Waals surface area contributed by atoms with Crippen LogP contribution in [0.15, 0.2) is 24.8 Å². The summed E-state index contributed by atoms with van der Waals surface area (Å²) in [5.41, 5.74) is -0.496. The SMILES string of the molecule is C=CCC(C)Nc1nc(C(=O)O)ccc1[N+](=O)[O-]. The summed E-state index contributed by atoms with van der Waals surface area (Å²) in [4.78, 5) is 24.7. The first-order valence-electron chi connectivity index (χ1n) is 5.22. The highest BCUT2D eigenvalue weighted by molar-refractivity contribution is 5.86. The summed E-state index contributed by atoms with van der Waals surface area (Å²) in [5, 5.41) is 22.4. The van der Waals surface area contributed by atoms with E-state index in [1.165, 1.54) is 0 Å². The summed E-state index contributed by atoms with van der Waals surface area (Å²) in [6.07, 6.45) is 2.24. The van der Waals surface area contributed by atoms with Gasteiger partial charge in [-0.25, -0.2) is 9.78 Å². The number of aromatic carboxylic acids is 1. The van der Waals surface area contributed by atoms with Crippen LogP contribution < -0.4 is 5.32 Å². The molecule has 1 rings (SSSR count). The van der Waals surface area contributed by atoms with Crippen LogP contribution >= 0.6 is 0 Å². The highest BCUT2D eigenvalue weighted by Gasteiger charge is 2.19. The monoisotopic (exact) mass is 251 g/mol. The summed E-state index contributed by atoms with van der Waals surface area (Å²) in [6.45, 7) is 5.35. The molecule has 0 aliphatic rings. The van der Waals surface area contributed by atoms with Gasteiger partial charge in [-0.1, -0.05) is 6.08 Å². The van der Waals surface area contributed by atoms with Gasteiger partial charge in [-0.15, -0.1) is 6.58 Å². The number of carbonyl (C=O) groups is 1. The Morgan fingerprint density at radius 2 is 2.39 bits per heavy atom. The maximum Gasteiger partial charge on any atom is 0.354 e. The smallest absolute Gasteiger partial charge is 0.354 e. The molecule has 0 fully saturated rings. The molecule has 1 atom stereocenters. The third-order valence-corrected chi connectivity index (χ3v) is 2.19. The van der Waals surface area contributed by atoms with Gasteiger partial charge in [-0.3, -0.25) is 10.1 Å². The minimum Gasteiger partial charge on any atom is -0.477 e. The molecule has 1 heterocycles. The summed E-state index contributed by atoms with van der Waals surface area (Å²) < 4.78 is 0. The van der Waals surface area contributed by atoms with Gasteiger partial charge in [0.15, 0.2) is 5.69 Å². The molecule has 0 aliphatic carbocycles. The Balaban J connectivity index is 3.11. The lowest BCUT2D eigenvalue weighted by atomic mass is 10.2. The zero-order valence-electron chi connectivity index (χ0n) is 9.79. The Labute approximate surface area is 103 Å². The normalized spacial score (nSPS) is 11.6. The van der Waals surface area contributed by atoms with Crippen LogP contribution in [0.3, 0.4) is 0 Å². The number of aromatic nitrogens is 1. The van der Waals surface area contributed by atoms with E-state index in [9.17, 15) is 14.9 Å². The molecular weight excluding hydrogens is 238 g/mol. The van der Waals surface area contributed by atoms with Gasteiger partial charge in [0.2, 0.25) is 5.82 Å². The van der Waals surface area contributed by atoms with Crippen LogP contribution in [-0.4, -0.2) is 27.0 Å². The summed E-state index contributed by atoms with van der Waals surface area (Å²) in [7, 11) is 0. The van der Waals surface area contributed by atoms with Crippen molar-refractivity contribution in [1.82, 2.24) is 4.98 Å². The number of anilines is 1. The van der Waals surface area contributed by atoms with Gasteiger partial charge in [-0.2, -0.15) is 0 Å². The molecule has 7 nitrogen and oxygen atoms in total. The summed E-state index contributed by atoms with van der Waals surface area (Å²) >= 11 is 0. The van der Waals surface area contributed by atoms with Crippen molar-refractivity contribution in [1.29, 1.82) is 0 Å². The molecule has 1 unspecified atom stereocenters. The second kappa shape index (κ2) is 5.76. The van der Waals surface area contributed by atoms with Crippen LogP contribution in [0.2, 0.25) is 0 Å². The Morgan fingerprint density at radius 3 is 2.89 bits per heavy atom. The maximum atomic E-state index is 10.8. The molecule has 1 aromatic rings. The van der Waals surface area contributed by atoms with E-state index in [-0.39, 0.29) is 23.2 Å². The maximum absolute atomic E-state index is 10.8. The standard InChI is InChI=1S/C11H13N3O4/c1-3-4-7(2)12-10-9(14(17)18)6-5-8(13-10)11(15)16/h3,5-7H,1,4H2,2H3,(H,12,13)(H,15,16). The first kappa shape index (κ1) is 13.6. The fraction of sp³-hybridized carbons (Fsp3) is 0.273. The van der Waals surface area contributed by atoms with E-state index in [0.717, 1.165) is 12.1 Å². The second-order valence-electron chi connectivity index (χ2n) is 3.70. The summed E-state index contributed by atoms with van der Waals surface area (Å²) in [6, 6.07) is 2.10. The van der Waals surface area contributed by atoms with Gasteiger partial charge in [0.25, 0.3) is 0 Å². The Bertz CT molecular complexity index is 487. The molecule has 18 heavy (non-hydrogen) atoms. The lowest BCUT2D eigenvalue weighted by Crippen LogP contribution is -2.17. The highest BCUT2D eigenvalue weighted by Crippen LogP contribution is 2.23. The Morgan fingerprint density at radius 1 is 1.72 bits per heavy atom. The largest absolute Gasteiger partial charge is 0.477 e. The Hall–Kier alpha value is -2.44. The molecule has 0 amide bonds. The van der Waals surface area contributed by atoms with Gasteiger partial charge in [0, 0.05) is 12.1 Å². The topological polar surface area (TPSA) is 105 Å². The van der Waals surface area contributed by atoms with E-state index in [1.807, 2.05) is 0 Å². The van der Waals surface area contributed by atoms with Crippen LogP contribution in [-0.2, 0) is 0 Å². The fourth-order valence-electron chi connectivity index (χ4n) is 1.37. The lowest BCUT2D eigenvalue weighted by Gasteiger charge is -2.12. The predicted molar refractivity (Wildman–Crippen MR) is 65.7 cm³/mol. The molecule has 2 N–H and O–H groups in total. The van der Waals surface area contributed by atoms with Crippen LogP contribution in [0, 0.1) is 10.1 Å². The van der Waals surface area contributed by atoms with Crippen molar-refractivity contribution in [3.8, 4) is 0 Å². The van der Waals surface area contributed by atoms with Crippen molar-refractivity contribution in [3.63, 3.8) is 0 Å². The number of hydrogen-bond acceptors (Lipinski definition) is 5. The van der Waals surface area contributed by atoms with Crippen LogP contribution in [0.1, 0.15) is 23.8 Å². The lowest BCUT2D eigenvalue weighted by molar-refractivity contribution is -0.384. The number of nitro groups is 1. The van der Waals surface area contributed by atoms with Crippen molar-refractivity contribution in [3.05, 3.63) is 40.6 Å². The summed E-state index contributed by atoms with van der Waals surface area (Å²) in [5.74, 6) is -1.28. The number of carboxylic acids is 1. The number of hydrogen-bond donors (Lipinski definition) is 2. The van der Waals surface area contributed by atoms with E-state index in [2.05, 4.69) is 16.9 Å². The third kappa shape index (κ3) is 3.27. The minimum atomic E-state index is -1.23. The average Bonchev–Trinajstić information content (AvgIpc) is 2.28. The van der Waals surface area contributed by atoms with E-state index in [4.69, 9.17) is 5.11 Å². The van der Waals surface area contributed by atoms with Gasteiger partial charge in [0.1, 0.15) is 0 Å². The third-order valence-electron chi connectivity index (χ3n) is 2.19. The van der Waals surface area contributed by atoms with Crippen molar-refractivity contribution < 1.29 is 14.8 Å². The van der Waals surface area contributed by atoms with Crippen molar-refractivity contribution in [2.24, 2.45) is 0 Å². The molecule has 0 bridgehead atoms. The second-order valence-corrected chi connectivity index (χ2v) is 3.70. The molecule has 0 spiro atoms. The number of rotatable bonds is 6. The molecule has 0 aliphatic heterocycles. The minimum absolute atomic E-state index is 0.0470. The van der Waals surface area contributed by atoms with Crippen molar-refractivity contribution in [2.75, 3.05) is 5.32 Å².